The molecular formula is C31H29BO2. The summed E-state index contributed by atoms with van der Waals surface area (Å²) in [6, 6.07) is 27.0. The predicted octanol–water partition coefficient (Wildman–Crippen LogP) is 6.98. The van der Waals surface area contributed by atoms with Gasteiger partial charge in [-0.15, -0.1) is 0 Å². The summed E-state index contributed by atoms with van der Waals surface area (Å²) >= 11 is 0. The van der Waals surface area contributed by atoms with Crippen molar-refractivity contribution in [1.82, 2.24) is 0 Å². The van der Waals surface area contributed by atoms with Crippen molar-refractivity contribution < 1.29 is 9.31 Å². The first kappa shape index (κ1) is 20.5. The van der Waals surface area contributed by atoms with Crippen LogP contribution in [-0.2, 0) is 14.7 Å². The number of fused-ring (bicyclic) bond motifs is 10. The zero-order valence-electron chi connectivity index (χ0n) is 20.3. The summed E-state index contributed by atoms with van der Waals surface area (Å²) in [5.41, 5.74) is 9.96. The molecule has 3 heteroatoms. The Hall–Kier alpha value is -2.88. The van der Waals surface area contributed by atoms with Gasteiger partial charge in [-0.25, -0.2) is 0 Å². The van der Waals surface area contributed by atoms with Crippen molar-refractivity contribution in [2.45, 2.75) is 50.7 Å². The lowest BCUT2D eigenvalue weighted by Crippen LogP contribution is -2.41. The van der Waals surface area contributed by atoms with E-state index in [-0.39, 0.29) is 23.7 Å². The SMILES string of the molecule is CC1(C)OB(C2=C3c4ccccc4C4(c5ccccc5-c5ccccc54)C3CC=C2)OC1(C)C. The average molecular weight is 444 g/mol. The Kier molecular flexibility index (Phi) is 3.99. The summed E-state index contributed by atoms with van der Waals surface area (Å²) in [6.07, 6.45) is 5.60. The van der Waals surface area contributed by atoms with Crippen LogP contribution < -0.4 is 0 Å². The average Bonchev–Trinajstić information content (AvgIpc) is 3.39. The van der Waals surface area contributed by atoms with Crippen molar-refractivity contribution in [2.24, 2.45) is 5.92 Å². The van der Waals surface area contributed by atoms with Gasteiger partial charge in [-0.05, 0) is 78.5 Å². The maximum atomic E-state index is 6.59. The van der Waals surface area contributed by atoms with Crippen molar-refractivity contribution in [1.29, 1.82) is 0 Å². The fraction of sp³-hybridized carbons (Fsp3) is 0.290. The quantitative estimate of drug-likeness (QED) is 0.377. The molecule has 3 aromatic carbocycles. The van der Waals surface area contributed by atoms with Gasteiger partial charge in [-0.3, -0.25) is 0 Å². The Morgan fingerprint density at radius 1 is 0.676 bits per heavy atom. The summed E-state index contributed by atoms with van der Waals surface area (Å²) in [5.74, 6) is 0.300. The van der Waals surface area contributed by atoms with Gasteiger partial charge in [-0.1, -0.05) is 84.9 Å². The monoisotopic (exact) mass is 444 g/mol. The minimum atomic E-state index is -0.367. The maximum absolute atomic E-state index is 6.59. The topological polar surface area (TPSA) is 18.5 Å². The Morgan fingerprint density at radius 2 is 1.15 bits per heavy atom. The van der Waals surface area contributed by atoms with E-state index in [2.05, 4.69) is 113 Å². The molecule has 0 radical (unpaired) electrons. The molecule has 2 nitrogen and oxygen atoms in total. The molecule has 4 aliphatic rings. The van der Waals surface area contributed by atoms with E-state index in [9.17, 15) is 0 Å². The molecule has 1 fully saturated rings. The highest BCUT2D eigenvalue weighted by Gasteiger charge is 2.59. The van der Waals surface area contributed by atoms with Crippen LogP contribution in [0.4, 0.5) is 0 Å². The normalized spacial score (nSPS) is 24.2. The molecule has 1 saturated heterocycles. The van der Waals surface area contributed by atoms with Crippen molar-refractivity contribution in [2.75, 3.05) is 0 Å². The molecule has 1 spiro atoms. The third-order valence-electron chi connectivity index (χ3n) is 8.99. The summed E-state index contributed by atoms with van der Waals surface area (Å²) in [5, 5.41) is 0. The molecule has 168 valence electrons. The molecule has 0 bridgehead atoms. The predicted molar refractivity (Wildman–Crippen MR) is 138 cm³/mol. The van der Waals surface area contributed by atoms with E-state index in [0.717, 1.165) is 6.42 Å². The van der Waals surface area contributed by atoms with Gasteiger partial charge in [0, 0.05) is 5.92 Å². The van der Waals surface area contributed by atoms with E-state index in [1.165, 1.54) is 44.4 Å². The molecule has 7 rings (SSSR count). The lowest BCUT2D eigenvalue weighted by atomic mass is 9.62. The molecule has 1 heterocycles. The second-order valence-corrected chi connectivity index (χ2v) is 11.1. The molecule has 1 unspecified atom stereocenters. The smallest absolute Gasteiger partial charge is 0.399 e. The molecule has 3 aromatic rings. The number of rotatable bonds is 1. The maximum Gasteiger partial charge on any atom is 0.495 e. The van der Waals surface area contributed by atoms with E-state index < -0.39 is 0 Å². The molecule has 34 heavy (non-hydrogen) atoms. The highest BCUT2D eigenvalue weighted by molar-refractivity contribution is 6.57. The minimum absolute atomic E-state index is 0.196. The van der Waals surface area contributed by atoms with Crippen LogP contribution in [0.3, 0.4) is 0 Å². The second kappa shape index (κ2) is 6.62. The van der Waals surface area contributed by atoms with Gasteiger partial charge in [0.2, 0.25) is 0 Å². The molecule has 0 amide bonds. The first-order chi connectivity index (χ1) is 16.4. The third-order valence-corrected chi connectivity index (χ3v) is 8.99. The van der Waals surface area contributed by atoms with Gasteiger partial charge in [0.25, 0.3) is 0 Å². The van der Waals surface area contributed by atoms with E-state index >= 15 is 0 Å². The highest BCUT2D eigenvalue weighted by atomic mass is 16.7. The molecule has 1 aliphatic heterocycles. The van der Waals surface area contributed by atoms with Crippen molar-refractivity contribution in [3.05, 3.63) is 113 Å². The van der Waals surface area contributed by atoms with Crippen LogP contribution in [0.5, 0.6) is 0 Å². The fourth-order valence-corrected chi connectivity index (χ4v) is 6.84. The van der Waals surface area contributed by atoms with Gasteiger partial charge in [0.05, 0.1) is 16.6 Å². The lowest BCUT2D eigenvalue weighted by molar-refractivity contribution is 0.00578. The van der Waals surface area contributed by atoms with Crippen LogP contribution in [0.2, 0.25) is 0 Å². The van der Waals surface area contributed by atoms with Crippen LogP contribution >= 0.6 is 0 Å². The molecule has 3 aliphatic carbocycles. The van der Waals surface area contributed by atoms with Crippen LogP contribution in [-0.4, -0.2) is 18.3 Å². The Labute approximate surface area is 202 Å². The van der Waals surface area contributed by atoms with Gasteiger partial charge in [0.1, 0.15) is 0 Å². The third kappa shape index (κ3) is 2.34. The van der Waals surface area contributed by atoms with E-state index in [4.69, 9.17) is 9.31 Å². The molecule has 0 N–H and O–H groups in total. The first-order valence-corrected chi connectivity index (χ1v) is 12.4. The van der Waals surface area contributed by atoms with Crippen LogP contribution in [0.25, 0.3) is 16.7 Å². The summed E-state index contributed by atoms with van der Waals surface area (Å²) in [6.45, 7) is 8.54. The first-order valence-electron chi connectivity index (χ1n) is 12.4. The van der Waals surface area contributed by atoms with Crippen molar-refractivity contribution in [3.63, 3.8) is 0 Å². The standard InChI is InChI=1S/C31H29BO2/c1-29(2)30(3,4)34-32(33-29)27-19-11-18-26-28(27)22-14-7-10-17-25(22)31(26)23-15-8-5-12-20(23)21-13-6-9-16-24(21)31/h5-17,19,26H,18H2,1-4H3. The van der Waals surface area contributed by atoms with Gasteiger partial charge >= 0.3 is 7.12 Å². The summed E-state index contributed by atoms with van der Waals surface area (Å²) < 4.78 is 13.2. The number of hydrogen-bond acceptors (Lipinski definition) is 2. The van der Waals surface area contributed by atoms with Crippen molar-refractivity contribution in [3.8, 4) is 11.1 Å². The largest absolute Gasteiger partial charge is 0.495 e. The summed E-state index contributed by atoms with van der Waals surface area (Å²) in [4.78, 5) is 0. The molecule has 1 atom stereocenters. The Balaban J connectivity index is 1.53. The van der Waals surface area contributed by atoms with Crippen LogP contribution in [0.15, 0.2) is 90.4 Å². The minimum Gasteiger partial charge on any atom is -0.399 e. The van der Waals surface area contributed by atoms with Crippen LogP contribution in [0, 0.1) is 5.92 Å². The zero-order chi connectivity index (χ0) is 23.3. The van der Waals surface area contributed by atoms with Crippen LogP contribution in [0.1, 0.15) is 56.4 Å². The lowest BCUT2D eigenvalue weighted by Gasteiger charge is -2.37. The second-order valence-electron chi connectivity index (χ2n) is 11.1. The van der Waals surface area contributed by atoms with Gasteiger partial charge in [0.15, 0.2) is 0 Å². The summed E-state index contributed by atoms with van der Waals surface area (Å²) in [7, 11) is -0.367. The highest BCUT2D eigenvalue weighted by Crippen LogP contribution is 2.66. The zero-order valence-corrected chi connectivity index (χ0v) is 20.3. The van der Waals surface area contributed by atoms with E-state index in [1.54, 1.807) is 0 Å². The van der Waals surface area contributed by atoms with E-state index in [1.807, 2.05) is 0 Å². The van der Waals surface area contributed by atoms with Crippen molar-refractivity contribution >= 4 is 12.7 Å². The van der Waals surface area contributed by atoms with E-state index in [0.29, 0.717) is 5.92 Å². The molecule has 0 aromatic heterocycles. The number of benzene rings is 3. The Morgan fingerprint density at radius 3 is 1.71 bits per heavy atom. The fourth-order valence-electron chi connectivity index (χ4n) is 6.84. The molecule has 0 saturated carbocycles. The van der Waals surface area contributed by atoms with Gasteiger partial charge in [-0.2, -0.15) is 0 Å². The van der Waals surface area contributed by atoms with Gasteiger partial charge < -0.3 is 9.31 Å². The molecular weight excluding hydrogens is 415 g/mol. The number of hydrogen-bond donors (Lipinski definition) is 0. The Bertz CT molecular complexity index is 1350. The number of allylic oxidation sites excluding steroid dienone is 4.